The second-order valence-electron chi connectivity index (χ2n) is 3.51. The van der Waals surface area contributed by atoms with Crippen LogP contribution in [0.4, 0.5) is 11.5 Å². The van der Waals surface area contributed by atoms with E-state index in [4.69, 9.17) is 11.6 Å². The van der Waals surface area contributed by atoms with E-state index >= 15 is 0 Å². The van der Waals surface area contributed by atoms with Gasteiger partial charge in [-0.3, -0.25) is 10.1 Å². The molecule has 1 N–H and O–H groups in total. The highest BCUT2D eigenvalue weighted by Crippen LogP contribution is 2.30. The molecule has 0 aliphatic carbocycles. The van der Waals surface area contributed by atoms with Crippen molar-refractivity contribution in [1.29, 1.82) is 0 Å². The maximum absolute atomic E-state index is 10.8. The number of anilines is 1. The molecule has 0 aromatic carbocycles. The summed E-state index contributed by atoms with van der Waals surface area (Å²) in [4.78, 5) is 18.2. The normalized spacial score (nSPS) is 10.6. The lowest BCUT2D eigenvalue weighted by Crippen LogP contribution is -2.09. The number of aromatic nitrogens is 2. The summed E-state index contributed by atoms with van der Waals surface area (Å²) >= 11 is 5.78. The number of hydrogen-bond donors (Lipinski definition) is 1. The Morgan fingerprint density at radius 3 is 2.56 bits per heavy atom. The molecule has 6 nitrogen and oxygen atoms in total. The van der Waals surface area contributed by atoms with E-state index in [2.05, 4.69) is 15.3 Å². The first-order valence-electron chi connectivity index (χ1n) is 4.93. The molecular weight excluding hydrogens is 232 g/mol. The van der Waals surface area contributed by atoms with Gasteiger partial charge in [0.1, 0.15) is 5.82 Å². The Hall–Kier alpha value is -1.43. The second-order valence-corrected chi connectivity index (χ2v) is 3.87. The monoisotopic (exact) mass is 244 g/mol. The SMILES string of the molecule is CCNc1nc(C(C)C)nc(Cl)c1[N+](=O)[O-]. The number of nitro groups is 1. The van der Waals surface area contributed by atoms with Crippen molar-refractivity contribution in [2.45, 2.75) is 26.7 Å². The summed E-state index contributed by atoms with van der Waals surface area (Å²) in [5.74, 6) is 0.735. The third-order valence-corrected chi connectivity index (χ3v) is 2.17. The van der Waals surface area contributed by atoms with Gasteiger partial charge < -0.3 is 5.32 Å². The van der Waals surface area contributed by atoms with Gasteiger partial charge in [-0.25, -0.2) is 9.97 Å². The van der Waals surface area contributed by atoms with Gasteiger partial charge >= 0.3 is 5.69 Å². The van der Waals surface area contributed by atoms with Crippen molar-refractivity contribution in [3.05, 3.63) is 21.1 Å². The number of halogens is 1. The largest absolute Gasteiger partial charge is 0.364 e. The molecule has 1 aromatic rings. The lowest BCUT2D eigenvalue weighted by molar-refractivity contribution is -0.384. The van der Waals surface area contributed by atoms with Crippen LogP contribution in [0.1, 0.15) is 32.5 Å². The van der Waals surface area contributed by atoms with Crippen LogP contribution in [-0.2, 0) is 0 Å². The summed E-state index contributed by atoms with van der Waals surface area (Å²) in [7, 11) is 0. The Morgan fingerprint density at radius 2 is 2.12 bits per heavy atom. The highest BCUT2D eigenvalue weighted by Gasteiger charge is 2.23. The van der Waals surface area contributed by atoms with Crippen LogP contribution >= 0.6 is 11.6 Å². The van der Waals surface area contributed by atoms with Crippen LogP contribution in [0.2, 0.25) is 5.15 Å². The molecule has 7 heteroatoms. The maximum atomic E-state index is 10.8. The van der Waals surface area contributed by atoms with Crippen molar-refractivity contribution in [1.82, 2.24) is 9.97 Å². The van der Waals surface area contributed by atoms with Gasteiger partial charge in [0, 0.05) is 12.5 Å². The van der Waals surface area contributed by atoms with Crippen molar-refractivity contribution >= 4 is 23.1 Å². The van der Waals surface area contributed by atoms with Crippen molar-refractivity contribution in [2.75, 3.05) is 11.9 Å². The molecule has 1 rings (SSSR count). The zero-order valence-electron chi connectivity index (χ0n) is 9.32. The Balaban J connectivity index is 3.33. The first kappa shape index (κ1) is 12.6. The molecule has 88 valence electrons. The van der Waals surface area contributed by atoms with Gasteiger partial charge in [0.05, 0.1) is 4.92 Å². The zero-order chi connectivity index (χ0) is 12.3. The summed E-state index contributed by atoms with van der Waals surface area (Å²) < 4.78 is 0. The average Bonchev–Trinajstić information content (AvgIpc) is 2.16. The number of nitrogens with zero attached hydrogens (tertiary/aromatic N) is 3. The highest BCUT2D eigenvalue weighted by molar-refractivity contribution is 6.31. The number of nitrogens with one attached hydrogen (secondary N) is 1. The van der Waals surface area contributed by atoms with E-state index in [1.807, 2.05) is 20.8 Å². The van der Waals surface area contributed by atoms with Gasteiger partial charge in [-0.15, -0.1) is 0 Å². The minimum atomic E-state index is -0.579. The maximum Gasteiger partial charge on any atom is 0.348 e. The van der Waals surface area contributed by atoms with Gasteiger partial charge in [0.25, 0.3) is 0 Å². The predicted octanol–water partition coefficient (Wildman–Crippen LogP) is 2.59. The molecule has 0 aliphatic rings. The summed E-state index contributed by atoms with van der Waals surface area (Å²) in [5.41, 5.74) is -0.270. The van der Waals surface area contributed by atoms with Crippen molar-refractivity contribution in [2.24, 2.45) is 0 Å². The van der Waals surface area contributed by atoms with Crippen LogP contribution in [0, 0.1) is 10.1 Å². The topological polar surface area (TPSA) is 81.0 Å². The van der Waals surface area contributed by atoms with Crippen LogP contribution < -0.4 is 5.32 Å². The summed E-state index contributed by atoms with van der Waals surface area (Å²) in [6.45, 7) is 6.15. The molecule has 0 bridgehead atoms. The predicted molar refractivity (Wildman–Crippen MR) is 61.9 cm³/mol. The Kier molecular flexibility index (Phi) is 4.00. The van der Waals surface area contributed by atoms with Crippen LogP contribution in [0.25, 0.3) is 0 Å². The van der Waals surface area contributed by atoms with E-state index in [0.29, 0.717) is 12.4 Å². The molecule has 1 aromatic heterocycles. The first-order chi connectivity index (χ1) is 7.47. The standard InChI is InChI=1S/C9H13ClN4O2/c1-4-11-9-6(14(15)16)7(10)12-8(13-9)5(2)3/h5H,4H2,1-3H3,(H,11,12,13). The van der Waals surface area contributed by atoms with Crippen molar-refractivity contribution in [3.8, 4) is 0 Å². The summed E-state index contributed by atoms with van der Waals surface area (Å²) in [5, 5.41) is 13.5. The first-order valence-corrected chi connectivity index (χ1v) is 5.30. The Labute approximate surface area is 98.2 Å². The minimum Gasteiger partial charge on any atom is -0.364 e. The fraction of sp³-hybridized carbons (Fsp3) is 0.556. The van der Waals surface area contributed by atoms with Gasteiger partial charge in [-0.05, 0) is 6.92 Å². The van der Waals surface area contributed by atoms with Crippen LogP contribution in [-0.4, -0.2) is 21.4 Å². The quantitative estimate of drug-likeness (QED) is 0.500. The summed E-state index contributed by atoms with van der Waals surface area (Å²) in [6, 6.07) is 0. The molecule has 1 heterocycles. The van der Waals surface area contributed by atoms with Gasteiger partial charge in [0.15, 0.2) is 0 Å². The van der Waals surface area contributed by atoms with E-state index in [9.17, 15) is 10.1 Å². The minimum absolute atomic E-state index is 0.0655. The van der Waals surface area contributed by atoms with Crippen LogP contribution in [0.3, 0.4) is 0 Å². The molecule has 0 aliphatic heterocycles. The molecule has 0 saturated heterocycles. The van der Waals surface area contributed by atoms with E-state index in [1.165, 1.54) is 0 Å². The molecule has 0 fully saturated rings. The van der Waals surface area contributed by atoms with Gasteiger partial charge in [-0.2, -0.15) is 0 Å². The fourth-order valence-electron chi connectivity index (χ4n) is 1.15. The van der Waals surface area contributed by atoms with Gasteiger partial charge in [0.2, 0.25) is 11.0 Å². The highest BCUT2D eigenvalue weighted by atomic mass is 35.5. The van der Waals surface area contributed by atoms with Crippen molar-refractivity contribution < 1.29 is 4.92 Å². The molecule has 0 atom stereocenters. The molecule has 0 saturated carbocycles. The Bertz CT molecular complexity index is 409. The Morgan fingerprint density at radius 1 is 1.50 bits per heavy atom. The van der Waals surface area contributed by atoms with Crippen molar-refractivity contribution in [3.63, 3.8) is 0 Å². The average molecular weight is 245 g/mol. The number of rotatable bonds is 4. The molecule has 0 unspecified atom stereocenters. The molecule has 0 spiro atoms. The zero-order valence-corrected chi connectivity index (χ0v) is 10.1. The molecule has 0 radical (unpaired) electrons. The lowest BCUT2D eigenvalue weighted by Gasteiger charge is -2.08. The van der Waals surface area contributed by atoms with Gasteiger partial charge in [-0.1, -0.05) is 25.4 Å². The smallest absolute Gasteiger partial charge is 0.348 e. The van der Waals surface area contributed by atoms with E-state index in [-0.39, 0.29) is 22.6 Å². The third kappa shape index (κ3) is 2.57. The third-order valence-electron chi connectivity index (χ3n) is 1.90. The molecular formula is C9H13ClN4O2. The fourth-order valence-corrected chi connectivity index (χ4v) is 1.40. The molecule has 0 amide bonds. The lowest BCUT2D eigenvalue weighted by atomic mass is 10.2. The number of hydrogen-bond acceptors (Lipinski definition) is 5. The van der Waals surface area contributed by atoms with E-state index < -0.39 is 4.92 Å². The summed E-state index contributed by atoms with van der Waals surface area (Å²) in [6.07, 6.45) is 0. The molecule has 16 heavy (non-hydrogen) atoms. The van der Waals surface area contributed by atoms with E-state index in [0.717, 1.165) is 0 Å². The van der Waals surface area contributed by atoms with E-state index in [1.54, 1.807) is 0 Å². The van der Waals surface area contributed by atoms with Crippen LogP contribution in [0.5, 0.6) is 0 Å². The second kappa shape index (κ2) is 5.07. The van der Waals surface area contributed by atoms with Crippen LogP contribution in [0.15, 0.2) is 0 Å².